The van der Waals surface area contributed by atoms with Crippen LogP contribution in [0.3, 0.4) is 0 Å². The molecular formula is C50H82N6O9. The normalized spacial score (nSPS) is 12.0. The van der Waals surface area contributed by atoms with Gasteiger partial charge in [-0.05, 0) is 101 Å². The van der Waals surface area contributed by atoms with Gasteiger partial charge in [0.2, 0.25) is 17.7 Å². The van der Waals surface area contributed by atoms with E-state index in [1.807, 2.05) is 69.2 Å². The van der Waals surface area contributed by atoms with E-state index in [0.29, 0.717) is 55.1 Å². The molecule has 0 fully saturated rings. The number of hydrogen-bond acceptors (Lipinski definition) is 9. The van der Waals surface area contributed by atoms with Crippen LogP contribution in [0.25, 0.3) is 0 Å². The summed E-state index contributed by atoms with van der Waals surface area (Å²) in [6.07, 6.45) is 4.90. The van der Waals surface area contributed by atoms with Crippen LogP contribution < -0.4 is 32.3 Å². The zero-order chi connectivity index (χ0) is 49.8. The molecule has 0 aliphatic rings. The summed E-state index contributed by atoms with van der Waals surface area (Å²) < 4.78 is 11.3. The van der Waals surface area contributed by atoms with E-state index in [2.05, 4.69) is 40.4 Å². The van der Waals surface area contributed by atoms with Crippen LogP contribution in [-0.2, 0) is 35.3 Å². The van der Waals surface area contributed by atoms with Gasteiger partial charge in [0.1, 0.15) is 12.6 Å². The van der Waals surface area contributed by atoms with E-state index in [1.54, 1.807) is 55.5 Å². The molecule has 0 bridgehead atoms. The first-order valence-corrected chi connectivity index (χ1v) is 23.3. The number of amides is 6. The van der Waals surface area contributed by atoms with Crippen molar-refractivity contribution in [1.82, 2.24) is 21.3 Å². The van der Waals surface area contributed by atoms with Crippen molar-refractivity contribution in [3.8, 4) is 0 Å². The second-order valence-corrected chi connectivity index (χ2v) is 17.8. The van der Waals surface area contributed by atoms with Crippen molar-refractivity contribution >= 4 is 47.1 Å². The molecule has 0 spiro atoms. The van der Waals surface area contributed by atoms with Crippen molar-refractivity contribution in [2.24, 2.45) is 23.5 Å². The van der Waals surface area contributed by atoms with E-state index in [0.717, 1.165) is 31.2 Å². The number of hydrogen-bond donors (Lipinski definition) is 6. The van der Waals surface area contributed by atoms with Crippen molar-refractivity contribution in [3.63, 3.8) is 0 Å². The molecule has 0 aliphatic heterocycles. The molecule has 0 saturated carbocycles. The molecule has 0 aromatic heterocycles. The lowest BCUT2D eigenvalue weighted by atomic mass is 9.88. The second-order valence-electron chi connectivity index (χ2n) is 17.8. The molecule has 2 rings (SSSR count). The van der Waals surface area contributed by atoms with Gasteiger partial charge in [-0.2, -0.15) is 0 Å². The first-order valence-electron chi connectivity index (χ1n) is 23.3. The summed E-state index contributed by atoms with van der Waals surface area (Å²) in [4.78, 5) is 85.8. The molecular weight excluding hydrogens is 829 g/mol. The number of nitrogens with two attached hydrogens (primary N) is 1. The zero-order valence-electron chi connectivity index (χ0n) is 41.7. The van der Waals surface area contributed by atoms with Crippen molar-refractivity contribution < 1.29 is 43.0 Å². The molecule has 6 amide bonds. The molecule has 0 aliphatic carbocycles. The zero-order valence-corrected chi connectivity index (χ0v) is 41.7. The van der Waals surface area contributed by atoms with Gasteiger partial charge in [0.05, 0.1) is 12.1 Å². The van der Waals surface area contributed by atoms with Gasteiger partial charge in [-0.15, -0.1) is 0 Å². The third-order valence-corrected chi connectivity index (χ3v) is 10.2. The highest BCUT2D eigenvalue weighted by molar-refractivity contribution is 6.00. The molecule has 7 N–H and O–H groups in total. The number of esters is 1. The number of Topliss-reactive ketones (excluding diaryl/α,β-unsaturated/α-hetero) is 1. The standard InChI is InChI=1S/C44H66N4O8.C4H10N2O.C2H6/c1-11-32(16-13-29(3)4)40(52)33-17-19-34(20-18-33)41(53)48-43(7,8)25-26-56-44(9,10)24-23-36(49)47-39(30(5)6)42(54)45-27-37(50)46-35-21-14-31(15-22-35)28-55-38(51)12-2;1-2-3-6-4(5)7;1-2/h14-15,17-22,29-30,32,39H,11-13,16,23-28H2,1-10H3,(H,45,54)(H,46,50)(H,47,49)(H,48,53);2-3H2,1H3,(H3,5,6,7);1-2H3. The largest absolute Gasteiger partial charge is 0.461 e. The molecule has 0 saturated heterocycles. The summed E-state index contributed by atoms with van der Waals surface area (Å²) in [5.74, 6) is -1.33. The van der Waals surface area contributed by atoms with Crippen LogP contribution in [0, 0.1) is 17.8 Å². The summed E-state index contributed by atoms with van der Waals surface area (Å²) in [5.41, 5.74) is 5.89. The number of rotatable bonds is 26. The summed E-state index contributed by atoms with van der Waals surface area (Å²) in [6, 6.07) is 12.4. The quantitative estimate of drug-likeness (QED) is 0.0394. The number of ketones is 1. The Bertz CT molecular complexity index is 1760. The fraction of sp³-hybridized carbons (Fsp3) is 0.620. The fourth-order valence-electron chi connectivity index (χ4n) is 6.05. The molecule has 15 nitrogen and oxygen atoms in total. The molecule has 0 heterocycles. The number of urea groups is 1. The highest BCUT2D eigenvalue weighted by Crippen LogP contribution is 2.22. The van der Waals surface area contributed by atoms with Crippen LogP contribution in [-0.4, -0.2) is 78.3 Å². The van der Waals surface area contributed by atoms with Gasteiger partial charge < -0.3 is 41.8 Å². The third-order valence-electron chi connectivity index (χ3n) is 10.2. The lowest BCUT2D eigenvalue weighted by molar-refractivity contribution is -0.144. The first-order chi connectivity index (χ1) is 30.5. The molecule has 15 heteroatoms. The number of carbonyl (C=O) groups is 7. The predicted molar refractivity (Wildman–Crippen MR) is 258 cm³/mol. The first kappa shape index (κ1) is 59.7. The molecule has 0 radical (unpaired) electrons. The fourth-order valence-corrected chi connectivity index (χ4v) is 6.05. The van der Waals surface area contributed by atoms with Crippen LogP contribution in [0.4, 0.5) is 10.5 Å². The SMILES string of the molecule is CC.CCC(=O)OCc1ccc(NC(=O)CNC(=O)C(NC(=O)CCC(C)(C)OCCC(C)(C)NC(=O)c2ccc(C(=O)C(CC)CCC(C)C)cc2)C(C)C)cc1.CCCNC(N)=O. The van der Waals surface area contributed by atoms with Crippen LogP contribution in [0.5, 0.6) is 0 Å². The van der Waals surface area contributed by atoms with E-state index >= 15 is 0 Å². The van der Waals surface area contributed by atoms with Crippen molar-refractivity contribution in [1.29, 1.82) is 0 Å². The van der Waals surface area contributed by atoms with E-state index in [9.17, 15) is 33.6 Å². The molecule has 2 unspecified atom stereocenters. The van der Waals surface area contributed by atoms with Gasteiger partial charge in [-0.3, -0.25) is 28.8 Å². The Kier molecular flexibility index (Phi) is 29.0. The summed E-state index contributed by atoms with van der Waals surface area (Å²) in [7, 11) is 0. The van der Waals surface area contributed by atoms with Gasteiger partial charge in [0.15, 0.2) is 5.78 Å². The molecule has 65 heavy (non-hydrogen) atoms. The third kappa shape index (κ3) is 26.3. The van der Waals surface area contributed by atoms with Gasteiger partial charge in [-0.1, -0.05) is 93.0 Å². The number of primary amides is 1. The minimum Gasteiger partial charge on any atom is -0.461 e. The van der Waals surface area contributed by atoms with E-state index in [-0.39, 0.29) is 55.0 Å². The number of nitrogens with one attached hydrogen (secondary N) is 5. The van der Waals surface area contributed by atoms with Crippen molar-refractivity contribution in [2.45, 2.75) is 165 Å². The average Bonchev–Trinajstić information content (AvgIpc) is 3.26. The second kappa shape index (κ2) is 31.5. The molecule has 2 aromatic rings. The maximum Gasteiger partial charge on any atom is 0.312 e. The van der Waals surface area contributed by atoms with Crippen LogP contribution >= 0.6 is 0 Å². The number of ether oxygens (including phenoxy) is 2. The van der Waals surface area contributed by atoms with E-state index in [1.165, 1.54) is 0 Å². The summed E-state index contributed by atoms with van der Waals surface area (Å²) >= 11 is 0. The Morgan fingerprint density at radius 3 is 1.86 bits per heavy atom. The molecule has 2 atom stereocenters. The number of anilines is 1. The van der Waals surface area contributed by atoms with Gasteiger partial charge in [0, 0.05) is 54.3 Å². The van der Waals surface area contributed by atoms with Gasteiger partial charge >= 0.3 is 12.0 Å². The summed E-state index contributed by atoms with van der Waals surface area (Å²) in [6.45, 7) is 26.1. The van der Waals surface area contributed by atoms with E-state index < -0.39 is 35.0 Å². The Morgan fingerprint density at radius 1 is 0.754 bits per heavy atom. The van der Waals surface area contributed by atoms with Gasteiger partial charge in [-0.25, -0.2) is 4.79 Å². The maximum atomic E-state index is 13.1. The Hall–Kier alpha value is -5.31. The van der Waals surface area contributed by atoms with Crippen molar-refractivity contribution in [2.75, 3.05) is 25.0 Å². The molecule has 2 aromatic carbocycles. The monoisotopic (exact) mass is 911 g/mol. The Labute approximate surface area is 389 Å². The lowest BCUT2D eigenvalue weighted by Crippen LogP contribution is -2.51. The van der Waals surface area contributed by atoms with Gasteiger partial charge in [0.25, 0.3) is 5.91 Å². The smallest absolute Gasteiger partial charge is 0.312 e. The highest BCUT2D eigenvalue weighted by atomic mass is 16.5. The maximum absolute atomic E-state index is 13.1. The predicted octanol–water partition coefficient (Wildman–Crippen LogP) is 8.25. The molecule has 366 valence electrons. The van der Waals surface area contributed by atoms with Crippen LogP contribution in [0.1, 0.15) is 168 Å². The number of benzene rings is 2. The lowest BCUT2D eigenvalue weighted by Gasteiger charge is -2.30. The minimum absolute atomic E-state index is 0.0190. The van der Waals surface area contributed by atoms with Crippen LogP contribution in [0.15, 0.2) is 48.5 Å². The van der Waals surface area contributed by atoms with Crippen molar-refractivity contribution in [3.05, 3.63) is 65.2 Å². The van der Waals surface area contributed by atoms with E-state index in [4.69, 9.17) is 15.2 Å². The highest BCUT2D eigenvalue weighted by Gasteiger charge is 2.28. The average molecular weight is 911 g/mol. The Morgan fingerprint density at radius 2 is 1.35 bits per heavy atom. The summed E-state index contributed by atoms with van der Waals surface area (Å²) in [5, 5.41) is 13.6. The minimum atomic E-state index is -0.839. The van der Waals surface area contributed by atoms with Crippen LogP contribution in [0.2, 0.25) is 0 Å². The Balaban J connectivity index is 0.00000413. The number of carbonyl (C=O) groups excluding carboxylic acids is 7. The topological polar surface area (TPSA) is 224 Å².